The number of aromatic nitrogens is 3. The molecule has 0 fully saturated rings. The van der Waals surface area contributed by atoms with Crippen LogP contribution in [0, 0.1) is 26.1 Å². The second-order valence-corrected chi connectivity index (χ2v) is 13.0. The van der Waals surface area contributed by atoms with Crippen molar-refractivity contribution in [3.8, 4) is 50.6 Å². The zero-order valence-corrected chi connectivity index (χ0v) is 32.2. The van der Waals surface area contributed by atoms with Gasteiger partial charge in [0.1, 0.15) is 0 Å². The maximum absolute atomic E-state index is 7.23. The molecule has 0 atom stereocenters. The number of hydrogen-bond acceptors (Lipinski definition) is 3. The zero-order valence-electron chi connectivity index (χ0n) is 32.8. The molecule has 0 saturated heterocycles. The summed E-state index contributed by atoms with van der Waals surface area (Å²) in [6.45, 7) is 6.24. The van der Waals surface area contributed by atoms with Gasteiger partial charge in [0, 0.05) is 53.4 Å². The molecular weight excluding hydrogens is 839 g/mol. The van der Waals surface area contributed by atoms with Crippen molar-refractivity contribution >= 4 is 27.6 Å². The Balaban J connectivity index is 0.000000246. The van der Waals surface area contributed by atoms with Crippen molar-refractivity contribution in [1.82, 2.24) is 14.5 Å². The summed E-state index contributed by atoms with van der Waals surface area (Å²) in [7, 11) is 0. The van der Waals surface area contributed by atoms with Crippen molar-refractivity contribution in [2.24, 2.45) is 0 Å². The maximum atomic E-state index is 7.23. The normalized spacial score (nSPS) is 11.9. The summed E-state index contributed by atoms with van der Waals surface area (Å²) in [4.78, 5) is 9.32. The van der Waals surface area contributed by atoms with E-state index in [1.807, 2.05) is 43.3 Å². The minimum absolute atomic E-state index is 0. The van der Waals surface area contributed by atoms with E-state index in [2.05, 4.69) is 132 Å². The van der Waals surface area contributed by atoms with Crippen molar-refractivity contribution in [3.05, 3.63) is 193 Å². The first-order valence-corrected chi connectivity index (χ1v) is 17.4. The summed E-state index contributed by atoms with van der Waals surface area (Å²) >= 11 is 0. The van der Waals surface area contributed by atoms with Crippen LogP contribution in [-0.4, -0.2) is 14.5 Å². The third-order valence-electron chi connectivity index (χ3n) is 9.19. The first kappa shape index (κ1) is 32.5. The SMILES string of the molecule is C=C(C)c1ccc2o[c-]c(-c3nc4ccccc4n3-c3c(-c4ccccc4)cc(C)cc3-c3ccccc3)c2c1.[2H]C([2H])([2H])c1ccc(-c2[c-]cccc2)nc1.[Ir]. The van der Waals surface area contributed by atoms with Gasteiger partial charge >= 0.3 is 0 Å². The van der Waals surface area contributed by atoms with Crippen LogP contribution in [0.1, 0.15) is 27.7 Å². The molecule has 4 nitrogen and oxygen atoms in total. The Labute approximate surface area is 334 Å². The fraction of sp³-hybridized carbons (Fsp3) is 0.0612. The molecule has 1 radical (unpaired) electrons. The average Bonchev–Trinajstić information content (AvgIpc) is 3.83. The molecule has 5 heteroatoms. The molecule has 0 amide bonds. The first-order chi connectivity index (χ1) is 27.2. The third-order valence-corrected chi connectivity index (χ3v) is 9.19. The maximum Gasteiger partial charge on any atom is 0.0774 e. The summed E-state index contributed by atoms with van der Waals surface area (Å²) in [5.41, 5.74) is 14.3. The predicted molar refractivity (Wildman–Crippen MR) is 219 cm³/mol. The van der Waals surface area contributed by atoms with Crippen LogP contribution in [0.5, 0.6) is 0 Å². The molecule has 9 aromatic rings. The number of hydrogen-bond donors (Lipinski definition) is 0. The second kappa shape index (κ2) is 15.9. The number of pyridine rings is 1. The molecule has 9 rings (SSSR count). The molecule has 0 spiro atoms. The Morgan fingerprint density at radius 2 is 1.44 bits per heavy atom. The molecule has 0 aliphatic rings. The number of furan rings is 1. The number of rotatable bonds is 6. The third kappa shape index (κ3) is 7.25. The van der Waals surface area contributed by atoms with E-state index in [9.17, 15) is 0 Å². The Bertz CT molecular complexity index is 2750. The van der Waals surface area contributed by atoms with E-state index in [1.165, 1.54) is 11.8 Å². The quantitative estimate of drug-likeness (QED) is 0.156. The largest absolute Gasteiger partial charge is 0.557 e. The number of benzene rings is 6. The van der Waals surface area contributed by atoms with Gasteiger partial charge in [-0.15, -0.1) is 35.9 Å². The molecule has 3 heterocycles. The van der Waals surface area contributed by atoms with Gasteiger partial charge in [-0.25, -0.2) is 0 Å². The average molecular weight is 879 g/mol. The summed E-state index contributed by atoms with van der Waals surface area (Å²) in [6.07, 6.45) is 4.60. The minimum atomic E-state index is -2.09. The van der Waals surface area contributed by atoms with Gasteiger partial charge in [0.2, 0.25) is 0 Å². The van der Waals surface area contributed by atoms with Crippen molar-refractivity contribution in [2.75, 3.05) is 0 Å². The summed E-state index contributed by atoms with van der Waals surface area (Å²) in [5, 5.41) is 0.965. The molecule has 0 unspecified atom stereocenters. The van der Waals surface area contributed by atoms with Crippen LogP contribution in [0.3, 0.4) is 0 Å². The van der Waals surface area contributed by atoms with Gasteiger partial charge in [-0.05, 0) is 78.5 Å². The smallest absolute Gasteiger partial charge is 0.0774 e. The molecule has 3 aromatic heterocycles. The van der Waals surface area contributed by atoms with E-state index in [0.29, 0.717) is 0 Å². The minimum Gasteiger partial charge on any atom is -0.557 e. The van der Waals surface area contributed by atoms with Gasteiger partial charge in [0.15, 0.2) is 0 Å². The van der Waals surface area contributed by atoms with Crippen LogP contribution in [0.4, 0.5) is 0 Å². The zero-order chi connectivity index (χ0) is 38.8. The second-order valence-electron chi connectivity index (χ2n) is 13.0. The topological polar surface area (TPSA) is 43.9 Å². The summed E-state index contributed by atoms with van der Waals surface area (Å²) in [6, 6.07) is 53.9. The van der Waals surface area contributed by atoms with E-state index in [-0.39, 0.29) is 25.7 Å². The van der Waals surface area contributed by atoms with Crippen LogP contribution in [-0.2, 0) is 20.1 Å². The van der Waals surface area contributed by atoms with E-state index < -0.39 is 6.85 Å². The van der Waals surface area contributed by atoms with Gasteiger partial charge in [0.05, 0.1) is 22.5 Å². The predicted octanol–water partition coefficient (Wildman–Crippen LogP) is 12.8. The van der Waals surface area contributed by atoms with Crippen LogP contribution < -0.4 is 0 Å². The number of para-hydroxylation sites is 2. The van der Waals surface area contributed by atoms with Crippen molar-refractivity contribution < 1.29 is 28.6 Å². The van der Waals surface area contributed by atoms with Crippen LogP contribution >= 0.6 is 0 Å². The van der Waals surface area contributed by atoms with Crippen LogP contribution in [0.15, 0.2) is 169 Å². The van der Waals surface area contributed by atoms with Gasteiger partial charge in [-0.3, -0.25) is 4.98 Å². The molecule has 0 bridgehead atoms. The summed E-state index contributed by atoms with van der Waals surface area (Å²) in [5.74, 6) is 0.789. The molecule has 0 saturated carbocycles. The standard InChI is InChI=1S/C37H27N2O.C12H10N.Ir/c1-24(2)28-18-19-35-31(22-28)32(23-40-35)37-38-33-16-10-11-17-34(33)39(37)36-29(26-12-6-4-7-13-26)20-25(3)21-30(36)27-14-8-5-9-15-27;1-10-7-8-12(13-9-10)11-5-3-2-4-6-11;/h4-22H,1H2,2-3H3;2-5,7-9H,1H3;/q2*-1;/i;1D3;. The van der Waals surface area contributed by atoms with Crippen molar-refractivity contribution in [1.29, 1.82) is 0 Å². The molecule has 265 valence electrons. The molecule has 0 N–H and O–H groups in total. The first-order valence-electron chi connectivity index (χ1n) is 18.9. The molecule has 0 aliphatic heterocycles. The molecular formula is C49H37IrN3O-2. The number of allylic oxidation sites excluding steroid dienone is 1. The van der Waals surface area contributed by atoms with Gasteiger partial charge < -0.3 is 14.0 Å². The van der Waals surface area contributed by atoms with Gasteiger partial charge in [-0.1, -0.05) is 126 Å². The molecule has 54 heavy (non-hydrogen) atoms. The van der Waals surface area contributed by atoms with Gasteiger partial charge in [-0.2, -0.15) is 0 Å². The number of nitrogens with zero attached hydrogens (tertiary/aromatic N) is 3. The molecule has 0 aliphatic carbocycles. The Hall–Kier alpha value is -6.13. The number of imidazole rings is 1. The fourth-order valence-corrected chi connectivity index (χ4v) is 6.63. The fourth-order valence-electron chi connectivity index (χ4n) is 6.63. The van der Waals surface area contributed by atoms with E-state index in [1.54, 1.807) is 18.2 Å². The van der Waals surface area contributed by atoms with Crippen molar-refractivity contribution in [2.45, 2.75) is 20.7 Å². The summed E-state index contributed by atoms with van der Waals surface area (Å²) < 4.78 is 30.0. The van der Waals surface area contributed by atoms with E-state index in [0.717, 1.165) is 83.7 Å². The number of aryl methyl sites for hydroxylation is 2. The van der Waals surface area contributed by atoms with Crippen LogP contribution in [0.2, 0.25) is 0 Å². The van der Waals surface area contributed by atoms with Gasteiger partial charge in [0.25, 0.3) is 0 Å². The van der Waals surface area contributed by atoms with Crippen molar-refractivity contribution in [3.63, 3.8) is 0 Å². The van der Waals surface area contributed by atoms with E-state index >= 15 is 0 Å². The number of fused-ring (bicyclic) bond motifs is 2. The monoisotopic (exact) mass is 879 g/mol. The molecule has 6 aromatic carbocycles. The Morgan fingerprint density at radius 1 is 0.759 bits per heavy atom. The van der Waals surface area contributed by atoms with Crippen LogP contribution in [0.25, 0.3) is 78.2 Å². The van der Waals surface area contributed by atoms with E-state index in [4.69, 9.17) is 13.5 Å². The Morgan fingerprint density at radius 3 is 2.07 bits per heavy atom. The Kier molecular flexibility index (Phi) is 9.55.